The predicted molar refractivity (Wildman–Crippen MR) is 56.7 cm³/mol. The number of nitrogens with two attached hydrogens (primary N) is 2. The van der Waals surface area contributed by atoms with Crippen LogP contribution >= 0.6 is 0 Å². The molecule has 0 spiro atoms. The Kier molecular flexibility index (Phi) is 4.35. The summed E-state index contributed by atoms with van der Waals surface area (Å²) in [6.07, 6.45) is 4.83. The van der Waals surface area contributed by atoms with E-state index in [1.54, 1.807) is 0 Å². The molecule has 0 heterocycles. The van der Waals surface area contributed by atoms with E-state index in [0.29, 0.717) is 12.6 Å². The van der Waals surface area contributed by atoms with Crippen LogP contribution in [-0.4, -0.2) is 36.0 Å². The van der Waals surface area contributed by atoms with E-state index < -0.39 is 11.9 Å². The van der Waals surface area contributed by atoms with Gasteiger partial charge in [0.2, 0.25) is 5.91 Å². The molecule has 4 nitrogen and oxygen atoms in total. The van der Waals surface area contributed by atoms with Gasteiger partial charge < -0.3 is 11.5 Å². The highest BCUT2D eigenvalue weighted by Gasteiger charge is 2.30. The molecule has 0 aliphatic heterocycles. The van der Waals surface area contributed by atoms with Gasteiger partial charge in [0.1, 0.15) is 0 Å². The predicted octanol–water partition coefficient (Wildman–Crippen LogP) is 0.0635. The van der Waals surface area contributed by atoms with Gasteiger partial charge in [-0.25, -0.2) is 0 Å². The van der Waals surface area contributed by atoms with E-state index in [1.807, 2.05) is 0 Å². The van der Waals surface area contributed by atoms with Gasteiger partial charge in [0.15, 0.2) is 0 Å². The molecule has 82 valence electrons. The summed E-state index contributed by atoms with van der Waals surface area (Å²) in [7, 11) is 0. The molecule has 1 saturated carbocycles. The average molecular weight is 199 g/mol. The molecular formula is C10H21N3O. The topological polar surface area (TPSA) is 72.3 Å². The smallest absolute Gasteiger partial charge is 0.235 e. The standard InChI is InChI=1S/C10H21N3O/c1-2-3-6-13(8-4-5-8)7-9(11)10(12)14/h8-9H,2-7,11H2,1H3,(H2,12,14). The summed E-state index contributed by atoms with van der Waals surface area (Å²) in [4.78, 5) is 13.1. The molecule has 1 aliphatic rings. The minimum absolute atomic E-state index is 0.396. The molecule has 0 aromatic carbocycles. The second kappa shape index (κ2) is 5.32. The van der Waals surface area contributed by atoms with Gasteiger partial charge in [-0.2, -0.15) is 0 Å². The molecule has 0 aromatic rings. The number of carbonyl (C=O) groups is 1. The van der Waals surface area contributed by atoms with Crippen LogP contribution in [0.25, 0.3) is 0 Å². The van der Waals surface area contributed by atoms with E-state index in [9.17, 15) is 4.79 Å². The molecule has 1 unspecified atom stereocenters. The summed E-state index contributed by atoms with van der Waals surface area (Å²) in [5.74, 6) is -0.396. The van der Waals surface area contributed by atoms with Crippen LogP contribution < -0.4 is 11.5 Å². The molecular weight excluding hydrogens is 178 g/mol. The SMILES string of the molecule is CCCCN(CC(N)C(N)=O)C1CC1. The molecule has 1 aliphatic carbocycles. The van der Waals surface area contributed by atoms with Crippen LogP contribution in [0, 0.1) is 0 Å². The van der Waals surface area contributed by atoms with E-state index in [1.165, 1.54) is 25.7 Å². The molecule has 0 radical (unpaired) electrons. The van der Waals surface area contributed by atoms with Crippen molar-refractivity contribution in [3.63, 3.8) is 0 Å². The minimum Gasteiger partial charge on any atom is -0.368 e. The number of carbonyl (C=O) groups excluding carboxylic acids is 1. The van der Waals surface area contributed by atoms with Crippen molar-refractivity contribution in [3.05, 3.63) is 0 Å². The van der Waals surface area contributed by atoms with Crippen LogP contribution in [0.3, 0.4) is 0 Å². The van der Waals surface area contributed by atoms with Crippen LogP contribution in [0.1, 0.15) is 32.6 Å². The van der Waals surface area contributed by atoms with Crippen molar-refractivity contribution in [2.75, 3.05) is 13.1 Å². The van der Waals surface area contributed by atoms with Crippen LogP contribution in [0.5, 0.6) is 0 Å². The summed E-state index contributed by atoms with van der Waals surface area (Å²) in [6.45, 7) is 3.83. The summed E-state index contributed by atoms with van der Waals surface area (Å²) < 4.78 is 0. The zero-order valence-corrected chi connectivity index (χ0v) is 8.91. The van der Waals surface area contributed by atoms with Gasteiger partial charge in [0, 0.05) is 12.6 Å². The summed E-state index contributed by atoms with van der Waals surface area (Å²) in [6, 6.07) is 0.152. The van der Waals surface area contributed by atoms with Gasteiger partial charge >= 0.3 is 0 Å². The van der Waals surface area contributed by atoms with E-state index >= 15 is 0 Å². The van der Waals surface area contributed by atoms with E-state index in [0.717, 1.165) is 6.54 Å². The third-order valence-electron chi connectivity index (χ3n) is 2.66. The molecule has 0 bridgehead atoms. The Morgan fingerprint density at radius 3 is 2.64 bits per heavy atom. The molecule has 4 heteroatoms. The molecule has 4 N–H and O–H groups in total. The lowest BCUT2D eigenvalue weighted by Gasteiger charge is -2.23. The minimum atomic E-state index is -0.507. The summed E-state index contributed by atoms with van der Waals surface area (Å²) in [5, 5.41) is 0. The number of unbranched alkanes of at least 4 members (excludes halogenated alkanes) is 1. The molecule has 0 aromatic heterocycles. The number of hydrogen-bond donors (Lipinski definition) is 2. The fourth-order valence-corrected chi connectivity index (χ4v) is 1.57. The number of primary amides is 1. The van der Waals surface area contributed by atoms with E-state index in [4.69, 9.17) is 11.5 Å². The van der Waals surface area contributed by atoms with Crippen molar-refractivity contribution in [2.45, 2.75) is 44.7 Å². The first-order valence-electron chi connectivity index (χ1n) is 5.44. The second-order valence-corrected chi connectivity index (χ2v) is 4.09. The first kappa shape index (κ1) is 11.5. The second-order valence-electron chi connectivity index (χ2n) is 4.09. The number of amides is 1. The lowest BCUT2D eigenvalue weighted by Crippen LogP contribution is -2.46. The van der Waals surface area contributed by atoms with Gasteiger partial charge in [-0.1, -0.05) is 13.3 Å². The number of nitrogens with zero attached hydrogens (tertiary/aromatic N) is 1. The number of rotatable bonds is 7. The van der Waals surface area contributed by atoms with Crippen molar-refractivity contribution in [2.24, 2.45) is 11.5 Å². The Labute approximate surface area is 85.6 Å². The van der Waals surface area contributed by atoms with Crippen molar-refractivity contribution >= 4 is 5.91 Å². The van der Waals surface area contributed by atoms with Gasteiger partial charge in [-0.15, -0.1) is 0 Å². The van der Waals surface area contributed by atoms with Crippen LogP contribution in [-0.2, 0) is 4.79 Å². The first-order chi connectivity index (χ1) is 6.65. The maximum absolute atomic E-state index is 10.8. The maximum atomic E-state index is 10.8. The highest BCUT2D eigenvalue weighted by atomic mass is 16.1. The Balaban J connectivity index is 2.30. The summed E-state index contributed by atoms with van der Waals surface area (Å²) >= 11 is 0. The monoisotopic (exact) mass is 199 g/mol. The highest BCUT2D eigenvalue weighted by molar-refractivity contribution is 5.79. The van der Waals surface area contributed by atoms with Gasteiger partial charge in [0.25, 0.3) is 0 Å². The van der Waals surface area contributed by atoms with Crippen molar-refractivity contribution in [3.8, 4) is 0 Å². The maximum Gasteiger partial charge on any atom is 0.235 e. The Hall–Kier alpha value is -0.610. The lowest BCUT2D eigenvalue weighted by molar-refractivity contribution is -0.119. The fourth-order valence-electron chi connectivity index (χ4n) is 1.57. The Bertz CT molecular complexity index is 192. The average Bonchev–Trinajstić information content (AvgIpc) is 2.94. The van der Waals surface area contributed by atoms with Gasteiger partial charge in [-0.3, -0.25) is 9.69 Å². The zero-order valence-electron chi connectivity index (χ0n) is 8.91. The Morgan fingerprint density at radius 1 is 1.57 bits per heavy atom. The molecule has 1 atom stereocenters. The highest BCUT2D eigenvalue weighted by Crippen LogP contribution is 2.26. The van der Waals surface area contributed by atoms with E-state index in [-0.39, 0.29) is 0 Å². The first-order valence-corrected chi connectivity index (χ1v) is 5.44. The normalized spacial score (nSPS) is 18.5. The quantitative estimate of drug-likeness (QED) is 0.609. The van der Waals surface area contributed by atoms with Gasteiger partial charge in [-0.05, 0) is 25.8 Å². The molecule has 1 rings (SSSR count). The third-order valence-corrected chi connectivity index (χ3v) is 2.66. The van der Waals surface area contributed by atoms with Crippen molar-refractivity contribution in [1.29, 1.82) is 0 Å². The molecule has 14 heavy (non-hydrogen) atoms. The van der Waals surface area contributed by atoms with Gasteiger partial charge in [0.05, 0.1) is 6.04 Å². The largest absolute Gasteiger partial charge is 0.368 e. The van der Waals surface area contributed by atoms with Crippen LogP contribution in [0.2, 0.25) is 0 Å². The van der Waals surface area contributed by atoms with Crippen LogP contribution in [0.4, 0.5) is 0 Å². The van der Waals surface area contributed by atoms with Crippen LogP contribution in [0.15, 0.2) is 0 Å². The Morgan fingerprint density at radius 2 is 2.21 bits per heavy atom. The van der Waals surface area contributed by atoms with Crippen molar-refractivity contribution < 1.29 is 4.79 Å². The molecule has 1 amide bonds. The lowest BCUT2D eigenvalue weighted by atomic mass is 10.2. The molecule has 0 saturated heterocycles. The molecule has 1 fully saturated rings. The fraction of sp³-hybridized carbons (Fsp3) is 0.900. The third kappa shape index (κ3) is 3.64. The summed E-state index contributed by atoms with van der Waals surface area (Å²) in [5.41, 5.74) is 10.8. The van der Waals surface area contributed by atoms with E-state index in [2.05, 4.69) is 11.8 Å². The number of hydrogen-bond acceptors (Lipinski definition) is 3. The zero-order chi connectivity index (χ0) is 10.6. The van der Waals surface area contributed by atoms with Crippen molar-refractivity contribution in [1.82, 2.24) is 4.90 Å².